The topological polar surface area (TPSA) is 142 Å². The molecule has 1 aromatic rings. The van der Waals surface area contributed by atoms with Crippen molar-refractivity contribution < 1.29 is 24.6 Å². The molecule has 3 amide bonds. The number of hydrogen-bond acceptors (Lipinski definition) is 5. The minimum atomic E-state index is -1.12. The quantitative estimate of drug-likeness (QED) is 0.211. The average Bonchev–Trinajstić information content (AvgIpc) is 2.55. The van der Waals surface area contributed by atoms with Crippen LogP contribution in [0.25, 0.3) is 0 Å². The number of carbonyl (C=O) groups excluding carboxylic acids is 3. The van der Waals surface area contributed by atoms with Crippen LogP contribution in [0.15, 0.2) is 0 Å². The third kappa shape index (κ3) is 5.75. The van der Waals surface area contributed by atoms with Gasteiger partial charge in [-0.15, -0.1) is 11.6 Å². The fraction of sp³-hybridized carbons (Fsp3) is 0.308. The number of carbonyl (C=O) groups is 3. The van der Waals surface area contributed by atoms with Crippen LogP contribution >= 0.6 is 79.4 Å². The number of nitrogens with one attached hydrogen (secondary N) is 2. The normalized spacial score (nSPS) is 11.8. The maximum Gasteiger partial charge on any atom is 0.253 e. The van der Waals surface area contributed by atoms with E-state index >= 15 is 0 Å². The summed E-state index contributed by atoms with van der Waals surface area (Å²) in [7, 11) is 0. The fourth-order valence-electron chi connectivity index (χ4n) is 1.73. The van der Waals surface area contributed by atoms with E-state index in [9.17, 15) is 19.5 Å². The lowest BCUT2D eigenvalue weighted by Crippen LogP contribution is -2.35. The van der Waals surface area contributed by atoms with Crippen LogP contribution in [-0.2, 0) is 4.79 Å². The smallest absolute Gasteiger partial charge is 0.253 e. The zero-order valence-electron chi connectivity index (χ0n) is 12.4. The van der Waals surface area contributed by atoms with Crippen LogP contribution in [0.2, 0.25) is 0 Å². The van der Waals surface area contributed by atoms with E-state index in [1.165, 1.54) is 0 Å². The molecule has 8 nitrogen and oxygen atoms in total. The molecule has 0 aromatic heterocycles. The van der Waals surface area contributed by atoms with Gasteiger partial charge in [0.25, 0.3) is 11.8 Å². The largest absolute Gasteiger partial charge is 0.394 e. The number of aliphatic hydroxyl groups excluding tert-OH is 2. The molecular weight excluding hydrogens is 694 g/mol. The van der Waals surface area contributed by atoms with Gasteiger partial charge in [-0.3, -0.25) is 14.4 Å². The summed E-state index contributed by atoms with van der Waals surface area (Å²) in [6.07, 6.45) is -1.12. The summed E-state index contributed by atoms with van der Waals surface area (Å²) in [5.74, 6) is -2.14. The van der Waals surface area contributed by atoms with Crippen LogP contribution < -0.4 is 16.4 Å². The molecule has 138 valence electrons. The van der Waals surface area contributed by atoms with Gasteiger partial charge in [0, 0.05) is 10.1 Å². The molecular formula is C13H13ClI3N3O5. The molecule has 1 aromatic carbocycles. The molecule has 0 aliphatic carbocycles. The molecule has 0 aliphatic rings. The van der Waals surface area contributed by atoms with Crippen molar-refractivity contribution >= 4 is 103 Å². The number of nitrogens with two attached hydrogens (primary N) is 1. The Kier molecular flexibility index (Phi) is 9.58. The maximum atomic E-state index is 12.5. The van der Waals surface area contributed by atoms with E-state index in [0.29, 0.717) is 10.7 Å². The minimum absolute atomic E-state index is 0.0966. The third-order valence-electron chi connectivity index (χ3n) is 2.89. The molecule has 6 N–H and O–H groups in total. The highest BCUT2D eigenvalue weighted by atomic mass is 127. The van der Waals surface area contributed by atoms with Gasteiger partial charge in [-0.05, 0) is 67.8 Å². The predicted molar refractivity (Wildman–Crippen MR) is 118 cm³/mol. The van der Waals surface area contributed by atoms with E-state index in [4.69, 9.17) is 22.4 Å². The molecule has 0 bridgehead atoms. The number of benzene rings is 1. The number of aliphatic hydroxyl groups is 2. The molecule has 0 saturated heterocycles. The Balaban J connectivity index is 3.47. The summed E-state index contributed by atoms with van der Waals surface area (Å²) in [5, 5.41) is 23.2. The van der Waals surface area contributed by atoms with Gasteiger partial charge in [-0.1, -0.05) is 0 Å². The van der Waals surface area contributed by atoms with Crippen molar-refractivity contribution in [3.63, 3.8) is 0 Å². The molecule has 1 unspecified atom stereocenters. The lowest BCUT2D eigenvalue weighted by Gasteiger charge is -2.18. The van der Waals surface area contributed by atoms with E-state index in [1.807, 2.05) is 67.8 Å². The molecule has 1 atom stereocenters. The van der Waals surface area contributed by atoms with E-state index in [1.54, 1.807) is 0 Å². The second-order valence-corrected chi connectivity index (χ2v) is 8.16. The third-order valence-corrected chi connectivity index (χ3v) is 6.36. The predicted octanol–water partition coefficient (Wildman–Crippen LogP) is 0.860. The first-order valence-electron chi connectivity index (χ1n) is 6.58. The highest BCUT2D eigenvalue weighted by molar-refractivity contribution is 14.1. The van der Waals surface area contributed by atoms with Crippen LogP contribution in [0, 0.1) is 10.7 Å². The Labute approximate surface area is 189 Å². The Morgan fingerprint density at radius 1 is 1.12 bits per heavy atom. The van der Waals surface area contributed by atoms with E-state index in [2.05, 4.69) is 10.6 Å². The highest BCUT2D eigenvalue weighted by Crippen LogP contribution is 2.35. The minimum Gasteiger partial charge on any atom is -0.394 e. The molecule has 0 fully saturated rings. The van der Waals surface area contributed by atoms with Gasteiger partial charge in [0.1, 0.15) is 5.88 Å². The molecule has 0 saturated carbocycles. The Bertz CT molecular complexity index is 717. The van der Waals surface area contributed by atoms with Crippen molar-refractivity contribution in [2.24, 2.45) is 5.73 Å². The van der Waals surface area contributed by atoms with Crippen LogP contribution in [-0.4, -0.2) is 53.1 Å². The van der Waals surface area contributed by atoms with Crippen LogP contribution in [0.4, 0.5) is 5.69 Å². The maximum absolute atomic E-state index is 12.5. The Morgan fingerprint density at radius 2 is 1.68 bits per heavy atom. The summed E-state index contributed by atoms with van der Waals surface area (Å²) in [4.78, 5) is 36.0. The van der Waals surface area contributed by atoms with Gasteiger partial charge in [0.15, 0.2) is 0 Å². The number of amides is 3. The van der Waals surface area contributed by atoms with Gasteiger partial charge in [-0.2, -0.15) is 0 Å². The molecule has 25 heavy (non-hydrogen) atoms. The van der Waals surface area contributed by atoms with Crippen molar-refractivity contribution in [2.45, 2.75) is 6.10 Å². The fourth-order valence-corrected chi connectivity index (χ4v) is 6.25. The summed E-state index contributed by atoms with van der Waals surface area (Å²) < 4.78 is 1.11. The first kappa shape index (κ1) is 23.1. The highest BCUT2D eigenvalue weighted by Gasteiger charge is 2.27. The van der Waals surface area contributed by atoms with Crippen molar-refractivity contribution in [1.29, 1.82) is 0 Å². The summed E-state index contributed by atoms with van der Waals surface area (Å²) in [6, 6.07) is 0. The zero-order valence-corrected chi connectivity index (χ0v) is 19.6. The number of alkyl halides is 1. The average molecular weight is 707 g/mol. The van der Waals surface area contributed by atoms with Gasteiger partial charge < -0.3 is 26.6 Å². The number of primary amides is 1. The number of anilines is 1. The van der Waals surface area contributed by atoms with E-state index in [0.717, 1.165) is 0 Å². The van der Waals surface area contributed by atoms with Crippen molar-refractivity contribution in [2.75, 3.05) is 24.3 Å². The van der Waals surface area contributed by atoms with E-state index < -0.39 is 30.4 Å². The monoisotopic (exact) mass is 707 g/mol. The number of halogens is 4. The second-order valence-electron chi connectivity index (χ2n) is 4.66. The zero-order chi connectivity index (χ0) is 19.3. The molecule has 1 rings (SSSR count). The van der Waals surface area contributed by atoms with Gasteiger partial charge in [0.05, 0.1) is 36.7 Å². The Hall–Kier alpha value is 0.0300. The lowest BCUT2D eigenvalue weighted by molar-refractivity contribution is -0.113. The second kappa shape index (κ2) is 10.4. The first-order valence-corrected chi connectivity index (χ1v) is 10.4. The molecule has 12 heteroatoms. The van der Waals surface area contributed by atoms with Gasteiger partial charge in [-0.25, -0.2) is 0 Å². The van der Waals surface area contributed by atoms with Crippen LogP contribution in [0.1, 0.15) is 20.7 Å². The van der Waals surface area contributed by atoms with Crippen LogP contribution in [0.5, 0.6) is 0 Å². The first-order chi connectivity index (χ1) is 11.6. The standard InChI is InChI=1S/C13H13ClI3N3O5/c14-1-5(23)20-11-9(16)6(12(18)24)8(15)7(10(11)17)13(25)19-2-4(22)3-21/h4,21-22H,1-3H2,(H2,18,24)(H,19,25)(H,20,23). The lowest BCUT2D eigenvalue weighted by atomic mass is 10.1. The van der Waals surface area contributed by atoms with Crippen LogP contribution in [0.3, 0.4) is 0 Å². The number of hydrogen-bond donors (Lipinski definition) is 5. The molecule has 0 heterocycles. The molecule has 0 aliphatic heterocycles. The van der Waals surface area contributed by atoms with Gasteiger partial charge in [0.2, 0.25) is 5.91 Å². The summed E-state index contributed by atoms with van der Waals surface area (Å²) in [6.45, 7) is -0.687. The SMILES string of the molecule is NC(=O)c1c(I)c(NC(=O)CCl)c(I)c(C(=O)NCC(O)CO)c1I. The molecule has 0 spiro atoms. The molecule has 0 radical (unpaired) electrons. The van der Waals surface area contributed by atoms with Gasteiger partial charge >= 0.3 is 0 Å². The van der Waals surface area contributed by atoms with Crippen molar-refractivity contribution in [3.8, 4) is 0 Å². The summed E-state index contributed by atoms with van der Waals surface area (Å²) in [5.41, 5.74) is 5.90. The van der Waals surface area contributed by atoms with Crippen molar-refractivity contribution in [1.82, 2.24) is 5.32 Å². The van der Waals surface area contributed by atoms with Crippen molar-refractivity contribution in [3.05, 3.63) is 21.8 Å². The summed E-state index contributed by atoms with van der Waals surface area (Å²) >= 11 is 11.1. The van der Waals surface area contributed by atoms with E-state index in [-0.39, 0.29) is 29.2 Å². The Morgan fingerprint density at radius 3 is 2.16 bits per heavy atom. The number of rotatable bonds is 7.